The van der Waals surface area contributed by atoms with Crippen LogP contribution in [-0.2, 0) is 30.2 Å². The zero-order valence-corrected chi connectivity index (χ0v) is 14.2. The molecule has 8 heteroatoms. The Labute approximate surface area is 129 Å². The van der Waals surface area contributed by atoms with E-state index in [4.69, 9.17) is 0 Å². The molecule has 21 heavy (non-hydrogen) atoms. The molecule has 0 aromatic carbocycles. The van der Waals surface area contributed by atoms with Crippen LogP contribution in [0, 0.1) is 13.8 Å². The van der Waals surface area contributed by atoms with Crippen LogP contribution in [0.3, 0.4) is 0 Å². The minimum Gasteiger partial charge on any atom is -0.315 e. The zero-order chi connectivity index (χ0) is 15.6. The Bertz CT molecular complexity index is 731. The van der Waals surface area contributed by atoms with Gasteiger partial charge in [0.05, 0.1) is 10.6 Å². The molecule has 2 N–H and O–H groups in total. The van der Waals surface area contributed by atoms with Crippen molar-refractivity contribution in [2.24, 2.45) is 7.05 Å². The van der Waals surface area contributed by atoms with Crippen LogP contribution in [-0.4, -0.2) is 25.2 Å². The van der Waals surface area contributed by atoms with Gasteiger partial charge in [-0.2, -0.15) is 5.10 Å². The third-order valence-electron chi connectivity index (χ3n) is 3.13. The number of nitrogens with zero attached hydrogens (tertiary/aromatic N) is 2. The van der Waals surface area contributed by atoms with Gasteiger partial charge >= 0.3 is 0 Å². The number of aryl methyl sites for hydroxylation is 3. The second-order valence-corrected chi connectivity index (χ2v) is 7.98. The lowest BCUT2D eigenvalue weighted by atomic mass is 10.3. The summed E-state index contributed by atoms with van der Waals surface area (Å²) in [5.74, 6) is 0. The monoisotopic (exact) mass is 328 g/mol. The van der Waals surface area contributed by atoms with Crippen LogP contribution in [0.25, 0.3) is 0 Å². The lowest BCUT2D eigenvalue weighted by Gasteiger charge is -2.05. The molecule has 0 amide bonds. The van der Waals surface area contributed by atoms with E-state index in [2.05, 4.69) is 15.1 Å². The highest BCUT2D eigenvalue weighted by atomic mass is 32.2. The van der Waals surface area contributed by atoms with E-state index >= 15 is 0 Å². The minimum atomic E-state index is -3.50. The maximum absolute atomic E-state index is 12.4. The van der Waals surface area contributed by atoms with Crippen molar-refractivity contribution >= 4 is 21.4 Å². The summed E-state index contributed by atoms with van der Waals surface area (Å²) in [7, 11) is 0.159. The largest absolute Gasteiger partial charge is 0.315 e. The molecule has 0 unspecified atom stereocenters. The summed E-state index contributed by atoms with van der Waals surface area (Å²) >= 11 is 1.50. The van der Waals surface area contributed by atoms with Gasteiger partial charge in [0, 0.05) is 41.7 Å². The average Bonchev–Trinajstić information content (AvgIpc) is 2.91. The third-order valence-corrected chi connectivity index (χ3v) is 5.84. The van der Waals surface area contributed by atoms with Crippen LogP contribution in [0.1, 0.15) is 21.0 Å². The molecule has 2 aromatic rings. The van der Waals surface area contributed by atoms with Gasteiger partial charge in [0.25, 0.3) is 0 Å². The molecule has 0 atom stereocenters. The number of thiophene rings is 1. The number of hydrogen-bond acceptors (Lipinski definition) is 5. The van der Waals surface area contributed by atoms with E-state index in [1.54, 1.807) is 10.7 Å². The van der Waals surface area contributed by atoms with Crippen molar-refractivity contribution in [1.82, 2.24) is 19.8 Å². The normalized spacial score (nSPS) is 12.0. The van der Waals surface area contributed by atoms with E-state index in [9.17, 15) is 8.42 Å². The van der Waals surface area contributed by atoms with E-state index < -0.39 is 10.0 Å². The Kier molecular flexibility index (Phi) is 4.82. The summed E-state index contributed by atoms with van der Waals surface area (Å²) in [4.78, 5) is 2.17. The Morgan fingerprint density at radius 2 is 2.05 bits per heavy atom. The molecule has 2 heterocycles. The summed E-state index contributed by atoms with van der Waals surface area (Å²) < 4.78 is 29.1. The van der Waals surface area contributed by atoms with Crippen LogP contribution in [0.5, 0.6) is 0 Å². The van der Waals surface area contributed by atoms with Crippen LogP contribution >= 0.6 is 11.3 Å². The van der Waals surface area contributed by atoms with Crippen LogP contribution in [0.2, 0.25) is 0 Å². The first-order valence-electron chi connectivity index (χ1n) is 6.56. The van der Waals surface area contributed by atoms with Gasteiger partial charge in [0.2, 0.25) is 10.0 Å². The molecule has 2 aromatic heterocycles. The number of rotatable bonds is 6. The quantitative estimate of drug-likeness (QED) is 0.838. The van der Waals surface area contributed by atoms with Crippen molar-refractivity contribution in [1.29, 1.82) is 0 Å². The average molecular weight is 328 g/mol. The van der Waals surface area contributed by atoms with Crippen molar-refractivity contribution in [3.05, 3.63) is 33.3 Å². The fourth-order valence-electron chi connectivity index (χ4n) is 2.13. The molecule has 0 aliphatic carbocycles. The van der Waals surface area contributed by atoms with Crippen LogP contribution in [0.15, 0.2) is 17.2 Å². The zero-order valence-electron chi connectivity index (χ0n) is 12.6. The first-order chi connectivity index (χ1) is 9.83. The highest BCUT2D eigenvalue weighted by Crippen LogP contribution is 2.25. The van der Waals surface area contributed by atoms with E-state index in [1.807, 2.05) is 34.1 Å². The molecular weight excluding hydrogens is 308 g/mol. The second-order valence-electron chi connectivity index (χ2n) is 4.90. The highest BCUT2D eigenvalue weighted by Gasteiger charge is 2.20. The molecule has 2 rings (SSSR count). The molecule has 116 valence electrons. The summed E-state index contributed by atoms with van der Waals surface area (Å²) in [6.07, 6.45) is 1.82. The molecule has 0 bridgehead atoms. The SMILES string of the molecule is CNCc1cc(S(=O)(=O)NCc2cn(C)nc2C)c(C)s1. The van der Waals surface area contributed by atoms with Gasteiger partial charge in [0.1, 0.15) is 0 Å². The fourth-order valence-corrected chi connectivity index (χ4v) is 4.78. The summed E-state index contributed by atoms with van der Waals surface area (Å²) in [6, 6.07) is 1.73. The fraction of sp³-hybridized carbons (Fsp3) is 0.462. The molecule has 0 aliphatic heterocycles. The Hall–Kier alpha value is -1.22. The number of aromatic nitrogens is 2. The number of sulfonamides is 1. The molecule has 0 spiro atoms. The van der Waals surface area contributed by atoms with E-state index in [1.165, 1.54) is 11.3 Å². The van der Waals surface area contributed by atoms with Gasteiger partial charge in [-0.1, -0.05) is 0 Å². The van der Waals surface area contributed by atoms with Crippen LogP contribution < -0.4 is 10.0 Å². The number of nitrogens with one attached hydrogen (secondary N) is 2. The first-order valence-corrected chi connectivity index (χ1v) is 8.86. The van der Waals surface area contributed by atoms with Crippen molar-refractivity contribution in [3.63, 3.8) is 0 Å². The summed E-state index contributed by atoms with van der Waals surface area (Å²) in [5, 5.41) is 7.23. The maximum atomic E-state index is 12.4. The number of hydrogen-bond donors (Lipinski definition) is 2. The molecule has 0 aliphatic rings. The Morgan fingerprint density at radius 1 is 1.33 bits per heavy atom. The van der Waals surface area contributed by atoms with Gasteiger partial charge in [-0.05, 0) is 27.0 Å². The Morgan fingerprint density at radius 3 is 2.62 bits per heavy atom. The van der Waals surface area contributed by atoms with E-state index in [-0.39, 0.29) is 6.54 Å². The predicted molar refractivity (Wildman–Crippen MR) is 83.8 cm³/mol. The van der Waals surface area contributed by atoms with Gasteiger partial charge in [-0.3, -0.25) is 4.68 Å². The van der Waals surface area contributed by atoms with Gasteiger partial charge in [-0.25, -0.2) is 13.1 Å². The van der Waals surface area contributed by atoms with Crippen molar-refractivity contribution in [2.45, 2.75) is 31.8 Å². The third kappa shape index (κ3) is 3.70. The Balaban J connectivity index is 2.16. The molecule has 6 nitrogen and oxygen atoms in total. The van der Waals surface area contributed by atoms with E-state index in [0.29, 0.717) is 11.4 Å². The summed E-state index contributed by atoms with van der Waals surface area (Å²) in [5.41, 5.74) is 1.71. The minimum absolute atomic E-state index is 0.249. The van der Waals surface area contributed by atoms with Crippen molar-refractivity contribution < 1.29 is 8.42 Å². The lowest BCUT2D eigenvalue weighted by molar-refractivity contribution is 0.581. The first kappa shape index (κ1) is 16.2. The molecule has 0 saturated carbocycles. The van der Waals surface area contributed by atoms with E-state index in [0.717, 1.165) is 21.0 Å². The second kappa shape index (κ2) is 6.27. The van der Waals surface area contributed by atoms with Crippen molar-refractivity contribution in [3.8, 4) is 0 Å². The maximum Gasteiger partial charge on any atom is 0.241 e. The predicted octanol–water partition coefficient (Wildman–Crippen LogP) is 1.30. The topological polar surface area (TPSA) is 76.0 Å². The summed E-state index contributed by atoms with van der Waals surface area (Å²) in [6.45, 7) is 4.61. The molecule has 0 saturated heterocycles. The highest BCUT2D eigenvalue weighted by molar-refractivity contribution is 7.89. The van der Waals surface area contributed by atoms with Crippen LogP contribution in [0.4, 0.5) is 0 Å². The lowest BCUT2D eigenvalue weighted by Crippen LogP contribution is -2.23. The smallest absolute Gasteiger partial charge is 0.241 e. The van der Waals surface area contributed by atoms with Crippen molar-refractivity contribution in [2.75, 3.05) is 7.05 Å². The molecule has 0 fully saturated rings. The standard InChI is InChI=1S/C13H20N4O2S2/c1-9-11(8-17(4)16-9)6-15-21(18,19)13-5-12(7-14-3)20-10(13)2/h5,8,14-15H,6-7H2,1-4H3. The van der Waals surface area contributed by atoms with Gasteiger partial charge in [0.15, 0.2) is 0 Å². The molecular formula is C13H20N4O2S2. The van der Waals surface area contributed by atoms with Gasteiger partial charge in [-0.15, -0.1) is 11.3 Å². The molecule has 0 radical (unpaired) electrons. The van der Waals surface area contributed by atoms with Gasteiger partial charge < -0.3 is 5.32 Å².